The lowest BCUT2D eigenvalue weighted by Crippen LogP contribution is -2.22. The maximum absolute atomic E-state index is 13.5. The first kappa shape index (κ1) is 22.1. The Labute approximate surface area is 204 Å². The van der Waals surface area contributed by atoms with Gasteiger partial charge < -0.3 is 4.74 Å². The standard InChI is InChI=1S/C31H24N2O2/c34-31-22-27(35-23-25-14-6-2-7-15-25)21-29(33(31)30-18-10-11-19-32-30)28(26-16-8-3-9-17-26)20-24-12-4-1-5-13-24/h1-22H,23H2/b28-20+. The number of pyridine rings is 2. The Kier molecular flexibility index (Phi) is 6.63. The summed E-state index contributed by atoms with van der Waals surface area (Å²) in [4.78, 5) is 17.9. The molecule has 0 aliphatic carbocycles. The fourth-order valence-corrected chi connectivity index (χ4v) is 3.93. The van der Waals surface area contributed by atoms with Crippen LogP contribution in [0.4, 0.5) is 0 Å². The number of ether oxygens (including phenoxy) is 1. The normalized spacial score (nSPS) is 11.3. The van der Waals surface area contributed by atoms with E-state index in [0.29, 0.717) is 23.9 Å². The van der Waals surface area contributed by atoms with Crippen molar-refractivity contribution in [2.45, 2.75) is 6.61 Å². The summed E-state index contributed by atoms with van der Waals surface area (Å²) in [5.41, 5.74) is 4.44. The molecule has 0 aliphatic rings. The minimum atomic E-state index is -0.209. The molecule has 0 saturated heterocycles. The van der Waals surface area contributed by atoms with E-state index in [1.165, 1.54) is 6.07 Å². The predicted octanol–water partition coefficient (Wildman–Crippen LogP) is 6.40. The second kappa shape index (κ2) is 10.5. The summed E-state index contributed by atoms with van der Waals surface area (Å²) in [6, 6.07) is 39.0. The third kappa shape index (κ3) is 5.28. The second-order valence-electron chi connectivity index (χ2n) is 8.05. The Bertz CT molecular complexity index is 1480. The van der Waals surface area contributed by atoms with E-state index in [2.05, 4.69) is 11.1 Å². The SMILES string of the molecule is O=c1cc(OCc2ccccc2)cc(/C(=C/c2ccccc2)c2ccccc2)n1-c1ccccn1. The van der Waals surface area contributed by atoms with Gasteiger partial charge in [-0.1, -0.05) is 97.1 Å². The van der Waals surface area contributed by atoms with Crippen molar-refractivity contribution in [3.8, 4) is 11.6 Å². The monoisotopic (exact) mass is 456 g/mol. The summed E-state index contributed by atoms with van der Waals surface area (Å²) in [5.74, 6) is 1.06. The van der Waals surface area contributed by atoms with Crippen LogP contribution in [0.1, 0.15) is 22.4 Å². The van der Waals surface area contributed by atoms with Gasteiger partial charge in [0, 0.05) is 23.9 Å². The van der Waals surface area contributed by atoms with Crippen molar-refractivity contribution < 1.29 is 4.74 Å². The molecule has 2 aromatic heterocycles. The molecule has 0 unspecified atom stereocenters. The highest BCUT2D eigenvalue weighted by Gasteiger charge is 2.16. The van der Waals surface area contributed by atoms with Crippen LogP contribution in [0, 0.1) is 0 Å². The van der Waals surface area contributed by atoms with Gasteiger partial charge in [-0.3, -0.25) is 9.36 Å². The molecule has 4 nitrogen and oxygen atoms in total. The molecule has 0 spiro atoms. The van der Waals surface area contributed by atoms with Crippen LogP contribution in [0.15, 0.2) is 132 Å². The fourth-order valence-electron chi connectivity index (χ4n) is 3.93. The van der Waals surface area contributed by atoms with Gasteiger partial charge in [0.05, 0.1) is 5.69 Å². The molecule has 35 heavy (non-hydrogen) atoms. The zero-order valence-electron chi connectivity index (χ0n) is 19.1. The van der Waals surface area contributed by atoms with Gasteiger partial charge in [0.25, 0.3) is 5.56 Å². The van der Waals surface area contributed by atoms with Gasteiger partial charge in [0.2, 0.25) is 0 Å². The smallest absolute Gasteiger partial charge is 0.260 e. The van der Waals surface area contributed by atoms with Crippen LogP contribution in [0.5, 0.6) is 5.75 Å². The van der Waals surface area contributed by atoms with Crippen LogP contribution in [0.25, 0.3) is 17.5 Å². The molecule has 0 saturated carbocycles. The van der Waals surface area contributed by atoms with E-state index in [-0.39, 0.29) is 5.56 Å². The molecule has 0 bridgehead atoms. The highest BCUT2D eigenvalue weighted by atomic mass is 16.5. The second-order valence-corrected chi connectivity index (χ2v) is 8.05. The lowest BCUT2D eigenvalue weighted by atomic mass is 9.98. The molecule has 0 N–H and O–H groups in total. The number of aromatic nitrogens is 2. The average molecular weight is 457 g/mol. The number of hydrogen-bond acceptors (Lipinski definition) is 3. The minimum Gasteiger partial charge on any atom is -0.489 e. The summed E-state index contributed by atoms with van der Waals surface area (Å²) < 4.78 is 7.72. The van der Waals surface area contributed by atoms with Gasteiger partial charge in [0.1, 0.15) is 18.2 Å². The van der Waals surface area contributed by atoms with Crippen LogP contribution < -0.4 is 10.3 Å². The van der Waals surface area contributed by atoms with Crippen molar-refractivity contribution in [3.63, 3.8) is 0 Å². The average Bonchev–Trinajstić information content (AvgIpc) is 2.92. The van der Waals surface area contributed by atoms with E-state index in [9.17, 15) is 4.79 Å². The van der Waals surface area contributed by atoms with E-state index in [0.717, 1.165) is 22.3 Å². The molecule has 170 valence electrons. The number of hydrogen-bond donors (Lipinski definition) is 0. The Hall–Kier alpha value is -4.70. The van der Waals surface area contributed by atoms with Crippen LogP contribution in [0.2, 0.25) is 0 Å². The summed E-state index contributed by atoms with van der Waals surface area (Å²) in [5, 5.41) is 0. The molecule has 3 aromatic carbocycles. The molecule has 0 amide bonds. The van der Waals surface area contributed by atoms with Crippen LogP contribution in [-0.2, 0) is 6.61 Å². The highest BCUT2D eigenvalue weighted by molar-refractivity contribution is 5.91. The Balaban J connectivity index is 1.69. The number of rotatable bonds is 7. The number of nitrogens with zero attached hydrogens (tertiary/aromatic N) is 2. The quantitative estimate of drug-likeness (QED) is 0.266. The largest absolute Gasteiger partial charge is 0.489 e. The number of benzene rings is 3. The van der Waals surface area contributed by atoms with Crippen LogP contribution in [0.3, 0.4) is 0 Å². The van der Waals surface area contributed by atoms with Crippen molar-refractivity contribution in [2.75, 3.05) is 0 Å². The van der Waals surface area contributed by atoms with Gasteiger partial charge in [0.15, 0.2) is 0 Å². The maximum Gasteiger partial charge on any atom is 0.260 e. The van der Waals surface area contributed by atoms with Gasteiger partial charge in [-0.15, -0.1) is 0 Å². The molecule has 5 aromatic rings. The zero-order chi connectivity index (χ0) is 23.9. The third-order valence-corrected chi connectivity index (χ3v) is 5.60. The minimum absolute atomic E-state index is 0.209. The summed E-state index contributed by atoms with van der Waals surface area (Å²) >= 11 is 0. The van der Waals surface area contributed by atoms with Crippen LogP contribution in [-0.4, -0.2) is 9.55 Å². The molecule has 5 rings (SSSR count). The van der Waals surface area contributed by atoms with E-state index < -0.39 is 0 Å². The van der Waals surface area contributed by atoms with E-state index in [1.807, 2.05) is 115 Å². The molecule has 4 heteroatoms. The van der Waals surface area contributed by atoms with E-state index >= 15 is 0 Å². The molecular formula is C31H24N2O2. The third-order valence-electron chi connectivity index (χ3n) is 5.60. The Morgan fingerprint density at radius 1 is 0.771 bits per heavy atom. The van der Waals surface area contributed by atoms with Crippen molar-refractivity contribution in [1.82, 2.24) is 9.55 Å². The lowest BCUT2D eigenvalue weighted by Gasteiger charge is -2.18. The van der Waals surface area contributed by atoms with Crippen molar-refractivity contribution in [2.24, 2.45) is 0 Å². The maximum atomic E-state index is 13.5. The lowest BCUT2D eigenvalue weighted by molar-refractivity contribution is 0.305. The molecule has 0 aliphatic heterocycles. The fraction of sp³-hybridized carbons (Fsp3) is 0.0323. The molecule has 2 heterocycles. The van der Waals surface area contributed by atoms with Crippen molar-refractivity contribution in [3.05, 3.63) is 160 Å². The zero-order valence-corrected chi connectivity index (χ0v) is 19.1. The molecule has 0 radical (unpaired) electrons. The van der Waals surface area contributed by atoms with Gasteiger partial charge in [-0.25, -0.2) is 4.98 Å². The van der Waals surface area contributed by atoms with E-state index in [1.54, 1.807) is 10.8 Å². The first-order chi connectivity index (χ1) is 17.3. The van der Waals surface area contributed by atoms with Crippen molar-refractivity contribution >= 4 is 11.6 Å². The van der Waals surface area contributed by atoms with Crippen molar-refractivity contribution in [1.29, 1.82) is 0 Å². The summed E-state index contributed by atoms with van der Waals surface area (Å²) in [7, 11) is 0. The topological polar surface area (TPSA) is 44.1 Å². The Morgan fingerprint density at radius 3 is 2.11 bits per heavy atom. The van der Waals surface area contributed by atoms with Gasteiger partial charge in [-0.05, 0) is 34.9 Å². The van der Waals surface area contributed by atoms with Gasteiger partial charge in [-0.2, -0.15) is 0 Å². The van der Waals surface area contributed by atoms with Gasteiger partial charge >= 0.3 is 0 Å². The molecule has 0 atom stereocenters. The van der Waals surface area contributed by atoms with Crippen LogP contribution >= 0.6 is 0 Å². The predicted molar refractivity (Wildman–Crippen MR) is 140 cm³/mol. The highest BCUT2D eigenvalue weighted by Crippen LogP contribution is 2.29. The summed E-state index contributed by atoms with van der Waals surface area (Å²) in [6.07, 6.45) is 3.78. The summed E-state index contributed by atoms with van der Waals surface area (Å²) in [6.45, 7) is 0.371. The molecule has 0 fully saturated rings. The Morgan fingerprint density at radius 2 is 1.43 bits per heavy atom. The van der Waals surface area contributed by atoms with E-state index in [4.69, 9.17) is 4.74 Å². The first-order valence-electron chi connectivity index (χ1n) is 11.5. The molecular weight excluding hydrogens is 432 g/mol. The first-order valence-corrected chi connectivity index (χ1v) is 11.5.